The maximum absolute atomic E-state index is 12.8. The number of rotatable bonds is 6. The topological polar surface area (TPSA) is 53.2 Å². The van der Waals surface area contributed by atoms with Gasteiger partial charge in [0.05, 0.1) is 0 Å². The second kappa shape index (κ2) is 7.94. The van der Waals surface area contributed by atoms with Gasteiger partial charge in [0.15, 0.2) is 0 Å². The number of hydrogen-bond donors (Lipinski definition) is 1. The fourth-order valence-electron chi connectivity index (χ4n) is 2.72. The number of carbonyl (C=O) groups is 1. The third kappa shape index (κ3) is 4.06. The van der Waals surface area contributed by atoms with Crippen LogP contribution in [0.2, 0.25) is 0 Å². The van der Waals surface area contributed by atoms with Crippen LogP contribution >= 0.6 is 11.3 Å². The van der Waals surface area contributed by atoms with E-state index in [0.29, 0.717) is 18.8 Å². The molecule has 0 aliphatic rings. The number of thiophene rings is 1. The van der Waals surface area contributed by atoms with Crippen LogP contribution < -0.4 is 5.56 Å². The average molecular weight is 352 g/mol. The summed E-state index contributed by atoms with van der Waals surface area (Å²) >= 11 is 1.60. The largest absolute Gasteiger partial charge is 0.334 e. The first-order chi connectivity index (χ1) is 12.2. The maximum atomic E-state index is 12.8. The first-order valence-corrected chi connectivity index (χ1v) is 9.22. The highest BCUT2D eigenvalue weighted by atomic mass is 32.1. The molecule has 0 aliphatic heterocycles. The number of amides is 1. The molecule has 0 saturated carbocycles. The molecular weight excluding hydrogens is 332 g/mol. The van der Waals surface area contributed by atoms with Crippen molar-refractivity contribution in [2.75, 3.05) is 6.54 Å². The molecule has 0 fully saturated rings. The Hall–Kier alpha value is -2.66. The molecule has 1 aromatic carbocycles. The third-order valence-electron chi connectivity index (χ3n) is 3.96. The van der Waals surface area contributed by atoms with Crippen LogP contribution in [0.15, 0.2) is 64.1 Å². The van der Waals surface area contributed by atoms with Gasteiger partial charge in [-0.25, -0.2) is 0 Å². The highest BCUT2D eigenvalue weighted by molar-refractivity contribution is 7.07. The Morgan fingerprint density at radius 2 is 1.92 bits per heavy atom. The maximum Gasteiger partial charge on any atom is 0.261 e. The summed E-state index contributed by atoms with van der Waals surface area (Å²) in [5, 5.41) is 4.02. The van der Waals surface area contributed by atoms with Gasteiger partial charge < -0.3 is 9.88 Å². The van der Waals surface area contributed by atoms with Crippen LogP contribution in [0, 0.1) is 0 Å². The summed E-state index contributed by atoms with van der Waals surface area (Å²) < 4.78 is 0. The van der Waals surface area contributed by atoms with E-state index in [2.05, 4.69) is 4.98 Å². The number of carbonyl (C=O) groups excluding carboxylic acids is 1. The van der Waals surface area contributed by atoms with Crippen molar-refractivity contribution in [1.29, 1.82) is 0 Å². The molecule has 4 nitrogen and oxygen atoms in total. The number of benzene rings is 1. The zero-order chi connectivity index (χ0) is 17.6. The highest BCUT2D eigenvalue weighted by Crippen LogP contribution is 2.16. The molecule has 0 atom stereocenters. The number of aromatic amines is 1. The first-order valence-electron chi connectivity index (χ1n) is 8.28. The second-order valence-electron chi connectivity index (χ2n) is 5.84. The molecule has 2 aromatic heterocycles. The lowest BCUT2D eigenvalue weighted by molar-refractivity contribution is 0.0741. The molecule has 3 aromatic rings. The van der Waals surface area contributed by atoms with E-state index in [0.717, 1.165) is 17.5 Å². The Kier molecular flexibility index (Phi) is 5.46. The fourth-order valence-corrected chi connectivity index (χ4v) is 3.38. The van der Waals surface area contributed by atoms with Crippen molar-refractivity contribution in [3.63, 3.8) is 0 Å². The minimum Gasteiger partial charge on any atom is -0.334 e. The van der Waals surface area contributed by atoms with Crippen LogP contribution in [-0.4, -0.2) is 22.3 Å². The predicted molar refractivity (Wildman–Crippen MR) is 102 cm³/mol. The van der Waals surface area contributed by atoms with E-state index in [1.54, 1.807) is 28.4 Å². The number of hydrogen-bond acceptors (Lipinski definition) is 3. The molecule has 5 heteroatoms. The van der Waals surface area contributed by atoms with Crippen molar-refractivity contribution in [1.82, 2.24) is 9.88 Å². The SMILES string of the molecule is CCCN(Cc1ccsc1)C(=O)c1ccc(-c2ccccc2)[nH]c1=O. The Morgan fingerprint density at radius 3 is 2.56 bits per heavy atom. The van der Waals surface area contributed by atoms with E-state index in [1.807, 2.05) is 54.1 Å². The standard InChI is InChI=1S/C20H20N2O2S/c1-2-11-22(13-15-10-12-25-14-15)20(24)17-8-9-18(21-19(17)23)16-6-4-3-5-7-16/h3-10,12,14H,2,11,13H2,1H3,(H,21,23). The van der Waals surface area contributed by atoms with E-state index in [9.17, 15) is 9.59 Å². The lowest BCUT2D eigenvalue weighted by Gasteiger charge is -2.21. The number of H-pyrrole nitrogens is 1. The molecule has 0 unspecified atom stereocenters. The van der Waals surface area contributed by atoms with E-state index in [-0.39, 0.29) is 17.0 Å². The molecule has 0 bridgehead atoms. The summed E-state index contributed by atoms with van der Waals surface area (Å²) in [4.78, 5) is 29.9. The molecule has 0 spiro atoms. The highest BCUT2D eigenvalue weighted by Gasteiger charge is 2.19. The lowest BCUT2D eigenvalue weighted by atomic mass is 10.1. The molecule has 1 amide bonds. The minimum absolute atomic E-state index is 0.184. The van der Waals surface area contributed by atoms with Crippen LogP contribution in [0.3, 0.4) is 0 Å². The van der Waals surface area contributed by atoms with Gasteiger partial charge in [0.1, 0.15) is 5.56 Å². The molecule has 1 N–H and O–H groups in total. The molecule has 25 heavy (non-hydrogen) atoms. The van der Waals surface area contributed by atoms with Crippen molar-refractivity contribution < 1.29 is 4.79 Å². The van der Waals surface area contributed by atoms with Crippen LogP contribution in [0.25, 0.3) is 11.3 Å². The van der Waals surface area contributed by atoms with E-state index in [4.69, 9.17) is 0 Å². The van der Waals surface area contributed by atoms with Gasteiger partial charge in [0.2, 0.25) is 0 Å². The smallest absolute Gasteiger partial charge is 0.261 e. The van der Waals surface area contributed by atoms with Crippen molar-refractivity contribution in [2.45, 2.75) is 19.9 Å². The molecule has 128 valence electrons. The van der Waals surface area contributed by atoms with E-state index < -0.39 is 0 Å². The Balaban J connectivity index is 1.86. The van der Waals surface area contributed by atoms with Gasteiger partial charge in [0, 0.05) is 18.8 Å². The summed E-state index contributed by atoms with van der Waals surface area (Å²) in [7, 11) is 0. The quantitative estimate of drug-likeness (QED) is 0.724. The van der Waals surface area contributed by atoms with Gasteiger partial charge in [-0.2, -0.15) is 11.3 Å². The van der Waals surface area contributed by atoms with Gasteiger partial charge in [0.25, 0.3) is 11.5 Å². The zero-order valence-corrected chi connectivity index (χ0v) is 14.9. The van der Waals surface area contributed by atoms with Crippen molar-refractivity contribution in [3.8, 4) is 11.3 Å². The molecule has 0 aliphatic carbocycles. The predicted octanol–water partition coefficient (Wildman–Crippen LogP) is 4.16. The average Bonchev–Trinajstić information content (AvgIpc) is 3.14. The van der Waals surface area contributed by atoms with Crippen molar-refractivity contribution in [2.24, 2.45) is 0 Å². The Bertz CT molecular complexity index is 886. The van der Waals surface area contributed by atoms with Crippen LogP contribution in [0.1, 0.15) is 29.3 Å². The summed E-state index contributed by atoms with van der Waals surface area (Å²) in [5.74, 6) is -0.228. The van der Waals surface area contributed by atoms with E-state index >= 15 is 0 Å². The van der Waals surface area contributed by atoms with Crippen molar-refractivity contribution >= 4 is 17.2 Å². The molecule has 2 heterocycles. The monoisotopic (exact) mass is 352 g/mol. The lowest BCUT2D eigenvalue weighted by Crippen LogP contribution is -2.34. The van der Waals surface area contributed by atoms with Gasteiger partial charge in [-0.1, -0.05) is 37.3 Å². The van der Waals surface area contributed by atoms with Crippen LogP contribution in [0.4, 0.5) is 0 Å². The summed E-state index contributed by atoms with van der Waals surface area (Å²) in [6.07, 6.45) is 0.843. The Morgan fingerprint density at radius 1 is 1.12 bits per heavy atom. The fraction of sp³-hybridized carbons (Fsp3) is 0.200. The van der Waals surface area contributed by atoms with Crippen LogP contribution in [0.5, 0.6) is 0 Å². The number of nitrogens with zero attached hydrogens (tertiary/aromatic N) is 1. The summed E-state index contributed by atoms with van der Waals surface area (Å²) in [5.41, 5.74) is 2.55. The number of nitrogens with one attached hydrogen (secondary N) is 1. The zero-order valence-electron chi connectivity index (χ0n) is 14.1. The Labute approximate surface area is 150 Å². The minimum atomic E-state index is -0.349. The molecular formula is C20H20N2O2S. The molecule has 0 radical (unpaired) electrons. The normalized spacial score (nSPS) is 10.6. The molecule has 3 rings (SSSR count). The number of aromatic nitrogens is 1. The van der Waals surface area contributed by atoms with E-state index in [1.165, 1.54) is 0 Å². The van der Waals surface area contributed by atoms with Gasteiger partial charge >= 0.3 is 0 Å². The third-order valence-corrected chi connectivity index (χ3v) is 4.69. The van der Waals surface area contributed by atoms with Gasteiger partial charge in [-0.05, 0) is 46.5 Å². The van der Waals surface area contributed by atoms with Gasteiger partial charge in [-0.3, -0.25) is 9.59 Å². The van der Waals surface area contributed by atoms with Crippen LogP contribution in [-0.2, 0) is 6.54 Å². The number of pyridine rings is 1. The summed E-state index contributed by atoms with van der Waals surface area (Å²) in [6, 6.07) is 15.0. The van der Waals surface area contributed by atoms with Crippen molar-refractivity contribution in [3.05, 3.63) is 80.8 Å². The molecule has 0 saturated heterocycles. The summed E-state index contributed by atoms with van der Waals surface area (Å²) in [6.45, 7) is 3.17. The first kappa shape index (κ1) is 17.2. The van der Waals surface area contributed by atoms with Gasteiger partial charge in [-0.15, -0.1) is 0 Å². The second-order valence-corrected chi connectivity index (χ2v) is 6.62.